The standard InChI is InChI=1S/C24H19ClFN7O3/c1-12(34)36-11-13-3-6-17-18(7-13)30-24(29-17)21-19(9-28-33-21)31-23-20(35-2)10-27-22(32-23)15-8-14(25)4-5-16(15)26/h3-10H,11H2,1-2H3,(H,28,33)(H,29,30)(H,27,31,32). The topological polar surface area (TPSA) is 131 Å². The number of esters is 1. The average molecular weight is 508 g/mol. The van der Waals surface area contributed by atoms with Gasteiger partial charge in [-0.2, -0.15) is 5.10 Å². The lowest BCUT2D eigenvalue weighted by atomic mass is 10.2. The molecule has 0 aliphatic rings. The lowest BCUT2D eigenvalue weighted by molar-refractivity contribution is -0.142. The fourth-order valence-electron chi connectivity index (χ4n) is 3.55. The molecule has 2 aromatic carbocycles. The zero-order valence-electron chi connectivity index (χ0n) is 19.1. The normalized spacial score (nSPS) is 11.0. The van der Waals surface area contributed by atoms with Gasteiger partial charge in [0.15, 0.2) is 23.2 Å². The maximum Gasteiger partial charge on any atom is 0.302 e. The van der Waals surface area contributed by atoms with Crippen LogP contribution in [0.3, 0.4) is 0 Å². The highest BCUT2D eigenvalue weighted by Gasteiger charge is 2.18. The quantitative estimate of drug-likeness (QED) is 0.262. The van der Waals surface area contributed by atoms with E-state index in [-0.39, 0.29) is 24.0 Å². The number of benzene rings is 2. The first-order valence-electron chi connectivity index (χ1n) is 10.7. The minimum atomic E-state index is -0.505. The van der Waals surface area contributed by atoms with E-state index < -0.39 is 5.82 Å². The number of nitrogens with one attached hydrogen (secondary N) is 3. The number of aromatic nitrogens is 6. The largest absolute Gasteiger partial charge is 0.491 e. The van der Waals surface area contributed by atoms with Gasteiger partial charge in [-0.05, 0) is 35.9 Å². The van der Waals surface area contributed by atoms with Gasteiger partial charge >= 0.3 is 5.97 Å². The van der Waals surface area contributed by atoms with Gasteiger partial charge in [0.2, 0.25) is 0 Å². The van der Waals surface area contributed by atoms with Crippen LogP contribution in [0.25, 0.3) is 33.9 Å². The number of ether oxygens (including phenoxy) is 2. The third-order valence-corrected chi connectivity index (χ3v) is 5.50. The summed E-state index contributed by atoms with van der Waals surface area (Å²) in [5.41, 5.74) is 3.56. The zero-order valence-corrected chi connectivity index (χ0v) is 19.9. The van der Waals surface area contributed by atoms with Crippen LogP contribution in [0.2, 0.25) is 5.02 Å². The van der Waals surface area contributed by atoms with Gasteiger partial charge in [0.25, 0.3) is 0 Å². The van der Waals surface area contributed by atoms with E-state index in [2.05, 4.69) is 35.5 Å². The van der Waals surface area contributed by atoms with Gasteiger partial charge in [-0.25, -0.2) is 19.3 Å². The Balaban J connectivity index is 1.47. The highest BCUT2D eigenvalue weighted by Crippen LogP contribution is 2.33. The van der Waals surface area contributed by atoms with Crippen LogP contribution in [0.4, 0.5) is 15.9 Å². The Kier molecular flexibility index (Phi) is 6.21. The van der Waals surface area contributed by atoms with E-state index in [9.17, 15) is 9.18 Å². The third kappa shape index (κ3) is 4.68. The molecule has 0 saturated heterocycles. The average Bonchev–Trinajstić information content (AvgIpc) is 3.50. The number of halogens is 2. The Morgan fingerprint density at radius 1 is 1.17 bits per heavy atom. The molecule has 0 spiro atoms. The van der Waals surface area contributed by atoms with Crippen LogP contribution < -0.4 is 10.1 Å². The summed E-state index contributed by atoms with van der Waals surface area (Å²) in [6.07, 6.45) is 3.01. The second-order valence-corrected chi connectivity index (χ2v) is 8.17. The molecule has 0 atom stereocenters. The molecule has 5 aromatic rings. The summed E-state index contributed by atoms with van der Waals surface area (Å²) in [7, 11) is 1.48. The summed E-state index contributed by atoms with van der Waals surface area (Å²) in [6.45, 7) is 1.53. The number of methoxy groups -OCH3 is 1. The van der Waals surface area contributed by atoms with Gasteiger partial charge in [-0.1, -0.05) is 17.7 Å². The molecule has 0 bridgehead atoms. The zero-order chi connectivity index (χ0) is 25.2. The highest BCUT2D eigenvalue weighted by molar-refractivity contribution is 6.30. The van der Waals surface area contributed by atoms with E-state index in [1.54, 1.807) is 6.20 Å². The fourth-order valence-corrected chi connectivity index (χ4v) is 3.72. The molecule has 10 nitrogen and oxygen atoms in total. The van der Waals surface area contributed by atoms with Crippen molar-refractivity contribution in [1.82, 2.24) is 30.1 Å². The molecule has 0 radical (unpaired) electrons. The van der Waals surface area contributed by atoms with Crippen LogP contribution in [0.15, 0.2) is 48.8 Å². The van der Waals surface area contributed by atoms with Crippen molar-refractivity contribution in [2.45, 2.75) is 13.5 Å². The molecule has 182 valence electrons. The predicted octanol–water partition coefficient (Wildman–Crippen LogP) is 5.02. The van der Waals surface area contributed by atoms with Crippen LogP contribution >= 0.6 is 11.6 Å². The van der Waals surface area contributed by atoms with Gasteiger partial charge in [0, 0.05) is 11.9 Å². The van der Waals surface area contributed by atoms with Crippen LogP contribution in [-0.4, -0.2) is 43.2 Å². The molecule has 0 aliphatic carbocycles. The van der Waals surface area contributed by atoms with E-state index in [0.717, 1.165) is 16.6 Å². The van der Waals surface area contributed by atoms with Gasteiger partial charge in [-0.3, -0.25) is 9.89 Å². The Bertz CT molecular complexity index is 1580. The van der Waals surface area contributed by atoms with Gasteiger partial charge in [0.1, 0.15) is 18.1 Å². The monoisotopic (exact) mass is 507 g/mol. The molecular weight excluding hydrogens is 489 g/mol. The molecule has 0 aliphatic heterocycles. The summed E-state index contributed by atoms with van der Waals surface area (Å²) in [5.74, 6) is 0.429. The number of carbonyl (C=O) groups is 1. The number of fused-ring (bicyclic) bond motifs is 1. The summed E-state index contributed by atoms with van der Waals surface area (Å²) < 4.78 is 24.9. The van der Waals surface area contributed by atoms with Gasteiger partial charge < -0.3 is 19.8 Å². The first-order chi connectivity index (χ1) is 17.4. The van der Waals surface area contributed by atoms with Crippen LogP contribution in [-0.2, 0) is 16.1 Å². The van der Waals surface area contributed by atoms with Crippen molar-refractivity contribution in [3.8, 4) is 28.7 Å². The molecule has 5 rings (SSSR count). The Labute approximate surface area is 208 Å². The number of H-pyrrole nitrogens is 2. The minimum absolute atomic E-state index is 0.132. The number of aromatic amines is 2. The van der Waals surface area contributed by atoms with Crippen LogP contribution in [0.1, 0.15) is 12.5 Å². The summed E-state index contributed by atoms with van der Waals surface area (Å²) in [6, 6.07) is 9.69. The van der Waals surface area contributed by atoms with Crippen molar-refractivity contribution in [2.75, 3.05) is 12.4 Å². The first kappa shape index (κ1) is 23.2. The van der Waals surface area contributed by atoms with Crippen molar-refractivity contribution in [1.29, 1.82) is 0 Å². The molecule has 36 heavy (non-hydrogen) atoms. The molecular formula is C24H19ClFN7O3. The number of carbonyl (C=O) groups excluding carboxylic acids is 1. The molecule has 3 aromatic heterocycles. The predicted molar refractivity (Wildman–Crippen MR) is 131 cm³/mol. The van der Waals surface area contributed by atoms with E-state index >= 15 is 0 Å². The maximum absolute atomic E-state index is 14.4. The highest BCUT2D eigenvalue weighted by atomic mass is 35.5. The number of imidazole rings is 1. The summed E-state index contributed by atoms with van der Waals surface area (Å²) in [5, 5.41) is 10.6. The smallest absolute Gasteiger partial charge is 0.302 e. The molecule has 0 saturated carbocycles. The van der Waals surface area contributed by atoms with Crippen molar-refractivity contribution in [2.24, 2.45) is 0 Å². The summed E-state index contributed by atoms with van der Waals surface area (Å²) >= 11 is 6.04. The van der Waals surface area contributed by atoms with Crippen molar-refractivity contribution in [3.63, 3.8) is 0 Å². The van der Waals surface area contributed by atoms with Gasteiger partial charge in [0.05, 0.1) is 41.8 Å². The SMILES string of the molecule is COc1cnc(-c2cc(Cl)ccc2F)nc1Nc1cn[nH]c1-c1nc2ccc(COC(C)=O)cc2[nH]1. The Morgan fingerprint density at radius 2 is 2.03 bits per heavy atom. The van der Waals surface area contributed by atoms with E-state index in [0.29, 0.717) is 33.8 Å². The van der Waals surface area contributed by atoms with Crippen molar-refractivity contribution < 1.29 is 18.7 Å². The molecule has 0 fully saturated rings. The first-order valence-corrected chi connectivity index (χ1v) is 11.1. The van der Waals surface area contributed by atoms with Crippen LogP contribution in [0.5, 0.6) is 5.75 Å². The third-order valence-electron chi connectivity index (χ3n) is 5.26. The maximum atomic E-state index is 14.4. The van der Waals surface area contributed by atoms with Crippen molar-refractivity contribution >= 4 is 40.1 Å². The van der Waals surface area contributed by atoms with Crippen LogP contribution in [0, 0.1) is 5.82 Å². The van der Waals surface area contributed by atoms with Gasteiger partial charge in [-0.15, -0.1) is 0 Å². The molecule has 12 heteroatoms. The number of hydrogen-bond acceptors (Lipinski definition) is 8. The molecule has 0 unspecified atom stereocenters. The van der Waals surface area contributed by atoms with Crippen molar-refractivity contribution in [3.05, 3.63) is 65.2 Å². The van der Waals surface area contributed by atoms with E-state index in [1.165, 1.54) is 38.4 Å². The Morgan fingerprint density at radius 3 is 2.83 bits per heavy atom. The second kappa shape index (κ2) is 9.62. The molecule has 3 heterocycles. The molecule has 3 N–H and O–H groups in total. The lowest BCUT2D eigenvalue weighted by Gasteiger charge is -2.11. The van der Waals surface area contributed by atoms with E-state index in [1.807, 2.05) is 18.2 Å². The minimum Gasteiger partial charge on any atom is -0.491 e. The number of rotatable bonds is 7. The number of nitrogens with zero attached hydrogens (tertiary/aromatic N) is 4. The molecule has 0 amide bonds. The number of hydrogen-bond donors (Lipinski definition) is 3. The Hall–Kier alpha value is -4.51. The summed E-state index contributed by atoms with van der Waals surface area (Å²) in [4.78, 5) is 27.6. The lowest BCUT2D eigenvalue weighted by Crippen LogP contribution is -2.02. The van der Waals surface area contributed by atoms with E-state index in [4.69, 9.17) is 21.1 Å². The second-order valence-electron chi connectivity index (χ2n) is 7.74. The fraction of sp³-hybridized carbons (Fsp3) is 0.125. The number of anilines is 2.